The summed E-state index contributed by atoms with van der Waals surface area (Å²) in [5.74, 6) is 0.898. The van der Waals surface area contributed by atoms with Gasteiger partial charge in [0.2, 0.25) is 0 Å². The lowest BCUT2D eigenvalue weighted by Crippen LogP contribution is -1.92. The Hall–Kier alpha value is -2.80. The first-order valence-electron chi connectivity index (χ1n) is 8.78. The molecule has 0 aliphatic rings. The zero-order valence-corrected chi connectivity index (χ0v) is 14.7. The summed E-state index contributed by atoms with van der Waals surface area (Å²) in [6, 6.07) is 21.6. The van der Waals surface area contributed by atoms with E-state index in [-0.39, 0.29) is 0 Å². The van der Waals surface area contributed by atoms with Gasteiger partial charge in [-0.2, -0.15) is 0 Å². The molecule has 0 heterocycles. The molecule has 3 aromatic carbocycles. The highest BCUT2D eigenvalue weighted by atomic mass is 16.5. The van der Waals surface area contributed by atoms with Crippen LogP contribution < -0.4 is 4.74 Å². The van der Waals surface area contributed by atoms with Crippen molar-refractivity contribution in [1.29, 1.82) is 0 Å². The lowest BCUT2D eigenvalue weighted by Gasteiger charge is -2.08. The monoisotopic (exact) mass is 328 g/mol. The smallest absolute Gasteiger partial charge is 0.119 e. The van der Waals surface area contributed by atoms with E-state index in [0.29, 0.717) is 6.61 Å². The van der Waals surface area contributed by atoms with Crippen LogP contribution in [0.15, 0.2) is 85.5 Å². The lowest BCUT2D eigenvalue weighted by molar-refractivity contribution is 0.363. The van der Waals surface area contributed by atoms with Gasteiger partial charge in [0.15, 0.2) is 0 Å². The summed E-state index contributed by atoms with van der Waals surface area (Å²) in [5, 5.41) is 2.56. The minimum absolute atomic E-state index is 0.611. The number of fused-ring (bicyclic) bond motifs is 1. The second-order valence-corrected chi connectivity index (χ2v) is 6.13. The molecule has 0 spiro atoms. The average Bonchev–Trinajstić information content (AvgIpc) is 2.66. The van der Waals surface area contributed by atoms with E-state index in [1.807, 2.05) is 37.3 Å². The fourth-order valence-corrected chi connectivity index (χ4v) is 2.88. The van der Waals surface area contributed by atoms with Crippen LogP contribution in [-0.2, 0) is 6.42 Å². The Balaban J connectivity index is 1.80. The number of benzene rings is 3. The van der Waals surface area contributed by atoms with Crippen LogP contribution >= 0.6 is 0 Å². The van der Waals surface area contributed by atoms with Crippen LogP contribution in [0.25, 0.3) is 21.9 Å². The minimum Gasteiger partial charge on any atom is -0.490 e. The summed E-state index contributed by atoms with van der Waals surface area (Å²) in [6.45, 7) is 6.40. The van der Waals surface area contributed by atoms with Gasteiger partial charge in [0, 0.05) is 0 Å². The first-order valence-corrected chi connectivity index (χ1v) is 8.78. The van der Waals surface area contributed by atoms with Gasteiger partial charge >= 0.3 is 0 Å². The minimum atomic E-state index is 0.611. The van der Waals surface area contributed by atoms with Gasteiger partial charge in [-0.3, -0.25) is 0 Å². The fraction of sp³-hybridized carbons (Fsp3) is 0.167. The molecule has 0 bridgehead atoms. The van der Waals surface area contributed by atoms with Crippen molar-refractivity contribution >= 4 is 10.8 Å². The Morgan fingerprint density at radius 1 is 0.880 bits per heavy atom. The second kappa shape index (κ2) is 8.34. The molecule has 0 unspecified atom stereocenters. The molecule has 0 fully saturated rings. The van der Waals surface area contributed by atoms with Crippen LogP contribution in [0.1, 0.15) is 18.9 Å². The van der Waals surface area contributed by atoms with Crippen molar-refractivity contribution in [1.82, 2.24) is 0 Å². The highest BCUT2D eigenvalue weighted by molar-refractivity contribution is 5.87. The van der Waals surface area contributed by atoms with Crippen LogP contribution in [0.5, 0.6) is 5.75 Å². The largest absolute Gasteiger partial charge is 0.490 e. The number of hydrogen-bond donors (Lipinski definition) is 0. The van der Waals surface area contributed by atoms with Gasteiger partial charge in [0.25, 0.3) is 0 Å². The highest BCUT2D eigenvalue weighted by Gasteiger charge is 2.02. The Kier molecular flexibility index (Phi) is 5.69. The first kappa shape index (κ1) is 17.0. The standard InChI is InChI=1S/C24H24O/c1-3-5-7-19-8-9-23-18-22(11-10-21(23)17-19)20-12-14-24(15-13-20)25-16-6-4-2/h3-4,6,8-15,17-18H,1,5,7,16H2,2H3. The molecule has 1 nitrogen and oxygen atoms in total. The quantitative estimate of drug-likeness (QED) is 0.445. The van der Waals surface area contributed by atoms with E-state index < -0.39 is 0 Å². The molecule has 0 aliphatic carbocycles. The van der Waals surface area contributed by atoms with Crippen LogP contribution in [0.3, 0.4) is 0 Å². The molecule has 3 rings (SSSR count). The van der Waals surface area contributed by atoms with Crippen molar-refractivity contribution in [3.8, 4) is 16.9 Å². The highest BCUT2D eigenvalue weighted by Crippen LogP contribution is 2.27. The van der Waals surface area contributed by atoms with E-state index in [2.05, 4.69) is 55.1 Å². The third-order valence-electron chi connectivity index (χ3n) is 4.31. The van der Waals surface area contributed by atoms with Gasteiger partial charge in [-0.1, -0.05) is 60.7 Å². The molecule has 0 aliphatic heterocycles. The molecule has 0 N–H and O–H groups in total. The molecule has 1 heteroatoms. The third-order valence-corrected chi connectivity index (χ3v) is 4.31. The predicted octanol–water partition coefficient (Wildman–Crippen LogP) is 6.58. The van der Waals surface area contributed by atoms with Crippen molar-refractivity contribution in [2.45, 2.75) is 19.8 Å². The molecule has 126 valence electrons. The van der Waals surface area contributed by atoms with E-state index in [4.69, 9.17) is 4.74 Å². The Bertz CT molecular complexity index is 872. The molecular formula is C24H24O. The molecular weight excluding hydrogens is 304 g/mol. The number of aryl methyl sites for hydroxylation is 1. The van der Waals surface area contributed by atoms with E-state index in [0.717, 1.165) is 18.6 Å². The van der Waals surface area contributed by atoms with E-state index in [1.165, 1.54) is 27.5 Å². The Labute approximate surface area is 150 Å². The second-order valence-electron chi connectivity index (χ2n) is 6.13. The predicted molar refractivity (Wildman–Crippen MR) is 108 cm³/mol. The number of ether oxygens (including phenoxy) is 1. The van der Waals surface area contributed by atoms with Crippen molar-refractivity contribution in [2.24, 2.45) is 0 Å². The average molecular weight is 328 g/mol. The van der Waals surface area contributed by atoms with Gasteiger partial charge in [-0.25, -0.2) is 0 Å². The van der Waals surface area contributed by atoms with E-state index >= 15 is 0 Å². The molecule has 0 radical (unpaired) electrons. The molecule has 0 saturated carbocycles. The molecule has 25 heavy (non-hydrogen) atoms. The van der Waals surface area contributed by atoms with Crippen LogP contribution in [0.4, 0.5) is 0 Å². The number of rotatable bonds is 7. The van der Waals surface area contributed by atoms with Crippen molar-refractivity contribution in [3.05, 3.63) is 91.0 Å². The SMILES string of the molecule is C=CCCc1ccc2cc(-c3ccc(OCC=CC)cc3)ccc2c1. The van der Waals surface area contributed by atoms with Gasteiger partial charge in [0.1, 0.15) is 12.4 Å². The van der Waals surface area contributed by atoms with Crippen LogP contribution in [0.2, 0.25) is 0 Å². The maximum absolute atomic E-state index is 5.66. The molecule has 0 saturated heterocycles. The summed E-state index contributed by atoms with van der Waals surface area (Å²) >= 11 is 0. The molecule has 0 amide bonds. The van der Waals surface area contributed by atoms with Gasteiger partial charge < -0.3 is 4.74 Å². The van der Waals surface area contributed by atoms with Gasteiger partial charge in [-0.15, -0.1) is 6.58 Å². The summed E-state index contributed by atoms with van der Waals surface area (Å²) in [4.78, 5) is 0. The first-order chi connectivity index (χ1) is 12.3. The molecule has 0 atom stereocenters. The topological polar surface area (TPSA) is 9.23 Å². The maximum Gasteiger partial charge on any atom is 0.119 e. The third kappa shape index (κ3) is 4.39. The van der Waals surface area contributed by atoms with E-state index in [1.54, 1.807) is 0 Å². The summed E-state index contributed by atoms with van der Waals surface area (Å²) in [5.41, 5.74) is 3.80. The van der Waals surface area contributed by atoms with Crippen molar-refractivity contribution < 1.29 is 4.74 Å². The lowest BCUT2D eigenvalue weighted by atomic mass is 9.99. The molecule has 0 aromatic heterocycles. The molecule has 3 aromatic rings. The zero-order valence-electron chi connectivity index (χ0n) is 14.7. The van der Waals surface area contributed by atoms with E-state index in [9.17, 15) is 0 Å². The zero-order chi connectivity index (χ0) is 17.5. The van der Waals surface area contributed by atoms with Crippen LogP contribution in [-0.4, -0.2) is 6.61 Å². The summed E-state index contributed by atoms with van der Waals surface area (Å²) in [6.07, 6.45) is 8.04. The van der Waals surface area contributed by atoms with Gasteiger partial charge in [0.05, 0.1) is 0 Å². The maximum atomic E-state index is 5.66. The van der Waals surface area contributed by atoms with Crippen LogP contribution in [0, 0.1) is 0 Å². The fourth-order valence-electron chi connectivity index (χ4n) is 2.88. The normalized spacial score (nSPS) is 11.1. The summed E-state index contributed by atoms with van der Waals surface area (Å²) < 4.78 is 5.66. The van der Waals surface area contributed by atoms with Gasteiger partial charge in [-0.05, 0) is 65.4 Å². The Morgan fingerprint density at radius 3 is 2.36 bits per heavy atom. The number of hydrogen-bond acceptors (Lipinski definition) is 1. The number of allylic oxidation sites excluding steroid dienone is 2. The summed E-state index contributed by atoms with van der Waals surface area (Å²) in [7, 11) is 0. The van der Waals surface area contributed by atoms with Crippen molar-refractivity contribution in [2.75, 3.05) is 6.61 Å². The Morgan fingerprint density at radius 2 is 1.60 bits per heavy atom. The van der Waals surface area contributed by atoms with Crippen molar-refractivity contribution in [3.63, 3.8) is 0 Å².